The van der Waals surface area contributed by atoms with Crippen molar-refractivity contribution in [2.75, 3.05) is 11.1 Å². The number of thioether (sulfide) groups is 1. The van der Waals surface area contributed by atoms with Crippen LogP contribution >= 0.6 is 11.8 Å². The first kappa shape index (κ1) is 17.2. The lowest BCUT2D eigenvalue weighted by Gasteiger charge is -2.10. The Bertz CT molecular complexity index is 996. The fourth-order valence-electron chi connectivity index (χ4n) is 2.48. The molecule has 2 N–H and O–H groups in total. The van der Waals surface area contributed by atoms with Gasteiger partial charge in [0.25, 0.3) is 5.56 Å². The summed E-state index contributed by atoms with van der Waals surface area (Å²) in [7, 11) is 0. The van der Waals surface area contributed by atoms with E-state index in [0.717, 1.165) is 17.5 Å². The number of H-pyrrole nitrogens is 1. The number of hydrogen-bond acceptors (Lipinski definition) is 4. The van der Waals surface area contributed by atoms with Gasteiger partial charge in [0.05, 0.1) is 17.0 Å². The monoisotopic (exact) mass is 360 g/mol. The maximum Gasteiger partial charge on any atom is 0.278 e. The number of anilines is 1. The zero-order valence-electron chi connectivity index (χ0n) is 13.8. The van der Waals surface area contributed by atoms with Crippen LogP contribution in [-0.4, -0.2) is 26.2 Å². The van der Waals surface area contributed by atoms with Crippen molar-refractivity contribution in [3.05, 3.63) is 52.2 Å². The summed E-state index contributed by atoms with van der Waals surface area (Å²) >= 11 is 1.15. The number of amides is 1. The molecule has 0 radical (unpaired) electrons. The summed E-state index contributed by atoms with van der Waals surface area (Å²) in [5.74, 6) is -0.832. The van der Waals surface area contributed by atoms with Crippen LogP contribution in [0, 0.1) is 12.7 Å². The number of para-hydroxylation sites is 1. The number of fused-ring (bicyclic) bond motifs is 1. The fourth-order valence-corrected chi connectivity index (χ4v) is 3.34. The molecule has 0 bridgehead atoms. The van der Waals surface area contributed by atoms with E-state index >= 15 is 0 Å². The van der Waals surface area contributed by atoms with E-state index in [4.69, 9.17) is 0 Å². The molecule has 0 saturated heterocycles. The molecular weight excluding hydrogens is 343 g/mol. The third-order valence-electron chi connectivity index (χ3n) is 3.63. The second kappa shape index (κ2) is 7.10. The molecule has 3 aromatic rings. The Hall–Kier alpha value is -2.61. The van der Waals surface area contributed by atoms with Gasteiger partial charge in [-0.1, -0.05) is 23.9 Å². The van der Waals surface area contributed by atoms with Gasteiger partial charge in [0.1, 0.15) is 11.3 Å². The van der Waals surface area contributed by atoms with E-state index < -0.39 is 5.82 Å². The number of rotatable bonds is 5. The normalized spacial score (nSPS) is 11.0. The Morgan fingerprint density at radius 1 is 1.40 bits per heavy atom. The molecule has 2 aromatic heterocycles. The maximum absolute atomic E-state index is 13.6. The molecule has 25 heavy (non-hydrogen) atoms. The van der Waals surface area contributed by atoms with Gasteiger partial charge in [-0.3, -0.25) is 14.2 Å². The minimum absolute atomic E-state index is 0.0235. The smallest absolute Gasteiger partial charge is 0.278 e. The number of nitrogens with one attached hydrogen (secondary N) is 2. The predicted molar refractivity (Wildman–Crippen MR) is 96.5 cm³/mol. The van der Waals surface area contributed by atoms with Crippen LogP contribution in [-0.2, 0) is 11.3 Å². The number of carbonyl (C=O) groups is 1. The lowest BCUT2D eigenvalue weighted by molar-refractivity contribution is -0.113. The Morgan fingerprint density at radius 2 is 2.16 bits per heavy atom. The molecule has 0 aliphatic carbocycles. The molecule has 2 heterocycles. The molecule has 0 unspecified atom stereocenters. The van der Waals surface area contributed by atoms with E-state index in [1.807, 2.05) is 13.8 Å². The van der Waals surface area contributed by atoms with E-state index in [1.54, 1.807) is 18.2 Å². The van der Waals surface area contributed by atoms with Crippen molar-refractivity contribution in [2.24, 2.45) is 0 Å². The van der Waals surface area contributed by atoms with Gasteiger partial charge >= 0.3 is 0 Å². The molecule has 0 fully saturated rings. The van der Waals surface area contributed by atoms with Crippen LogP contribution < -0.4 is 10.9 Å². The highest BCUT2D eigenvalue weighted by Crippen LogP contribution is 2.19. The Morgan fingerprint density at radius 3 is 2.88 bits per heavy atom. The van der Waals surface area contributed by atoms with Gasteiger partial charge < -0.3 is 10.3 Å². The molecule has 1 aromatic carbocycles. The fraction of sp³-hybridized carbons (Fsp3) is 0.235. The minimum Gasteiger partial charge on any atom is -0.353 e. The molecule has 130 valence electrons. The van der Waals surface area contributed by atoms with Crippen molar-refractivity contribution in [1.82, 2.24) is 14.5 Å². The lowest BCUT2D eigenvalue weighted by Crippen LogP contribution is -2.23. The molecule has 0 aliphatic rings. The van der Waals surface area contributed by atoms with E-state index in [0.29, 0.717) is 22.7 Å². The Balaban J connectivity index is 1.79. The van der Waals surface area contributed by atoms with Gasteiger partial charge in [-0.15, -0.1) is 0 Å². The third-order valence-corrected chi connectivity index (χ3v) is 4.61. The van der Waals surface area contributed by atoms with Gasteiger partial charge in [0.2, 0.25) is 5.91 Å². The molecular formula is C17H17FN4O2S. The number of aromatic nitrogens is 3. The summed E-state index contributed by atoms with van der Waals surface area (Å²) in [5, 5.41) is 2.98. The first-order valence-corrected chi connectivity index (χ1v) is 8.75. The van der Waals surface area contributed by atoms with E-state index in [9.17, 15) is 14.0 Å². The number of benzene rings is 1. The minimum atomic E-state index is -0.492. The molecule has 0 saturated carbocycles. The summed E-state index contributed by atoms with van der Waals surface area (Å²) in [6.07, 6.45) is 0. The largest absolute Gasteiger partial charge is 0.353 e. The molecule has 0 atom stereocenters. The maximum atomic E-state index is 13.6. The first-order valence-electron chi connectivity index (χ1n) is 7.77. The second-order valence-electron chi connectivity index (χ2n) is 5.47. The van der Waals surface area contributed by atoms with Crippen LogP contribution in [0.3, 0.4) is 0 Å². The molecule has 8 heteroatoms. The average molecular weight is 360 g/mol. The zero-order valence-corrected chi connectivity index (χ0v) is 14.6. The first-order chi connectivity index (χ1) is 12.0. The van der Waals surface area contributed by atoms with Crippen molar-refractivity contribution >= 4 is 34.4 Å². The van der Waals surface area contributed by atoms with E-state index in [2.05, 4.69) is 15.3 Å². The summed E-state index contributed by atoms with van der Waals surface area (Å²) in [6.45, 7) is 4.14. The lowest BCUT2D eigenvalue weighted by atomic mass is 10.3. The second-order valence-corrected chi connectivity index (χ2v) is 6.42. The van der Waals surface area contributed by atoms with Crippen LogP contribution in [0.5, 0.6) is 0 Å². The quantitative estimate of drug-likeness (QED) is 0.542. The topological polar surface area (TPSA) is 79.8 Å². The van der Waals surface area contributed by atoms with E-state index in [-0.39, 0.29) is 22.9 Å². The van der Waals surface area contributed by atoms with Crippen LogP contribution in [0.15, 0.2) is 40.3 Å². The van der Waals surface area contributed by atoms with Crippen LogP contribution in [0.25, 0.3) is 11.0 Å². The van der Waals surface area contributed by atoms with Crippen molar-refractivity contribution < 1.29 is 9.18 Å². The van der Waals surface area contributed by atoms with Crippen molar-refractivity contribution in [3.63, 3.8) is 0 Å². The predicted octanol–water partition coefficient (Wildman–Crippen LogP) is 2.92. The van der Waals surface area contributed by atoms with Gasteiger partial charge in [0, 0.05) is 12.2 Å². The molecule has 0 aliphatic heterocycles. The molecule has 6 nitrogen and oxygen atoms in total. The highest BCUT2D eigenvalue weighted by molar-refractivity contribution is 7.99. The zero-order chi connectivity index (χ0) is 18.0. The van der Waals surface area contributed by atoms with Crippen molar-refractivity contribution in [1.29, 1.82) is 0 Å². The van der Waals surface area contributed by atoms with E-state index in [1.165, 1.54) is 16.7 Å². The summed E-state index contributed by atoms with van der Waals surface area (Å²) in [4.78, 5) is 32.0. The van der Waals surface area contributed by atoms with Gasteiger partial charge in [0.15, 0.2) is 5.16 Å². The van der Waals surface area contributed by atoms with Gasteiger partial charge in [-0.05, 0) is 32.0 Å². The summed E-state index contributed by atoms with van der Waals surface area (Å²) in [6, 6.07) is 7.76. The highest BCUT2D eigenvalue weighted by Gasteiger charge is 2.14. The summed E-state index contributed by atoms with van der Waals surface area (Å²) in [5.41, 5.74) is 1.84. The number of aromatic amines is 1. The van der Waals surface area contributed by atoms with Crippen LogP contribution in [0.4, 0.5) is 10.1 Å². The standard InChI is InChI=1S/C17H17FN4O2S/c1-3-22-16(24)15-13(8-10(2)19-15)21-17(22)25-9-14(23)20-12-7-5-4-6-11(12)18/h4-8,19H,3,9H2,1-2H3,(H,20,23). The SMILES string of the molecule is CCn1c(SCC(=O)Nc2ccccc2F)nc2cc(C)[nH]c2c1=O. The average Bonchev–Trinajstić information content (AvgIpc) is 2.96. The Labute approximate surface area is 147 Å². The van der Waals surface area contributed by atoms with Crippen LogP contribution in [0.2, 0.25) is 0 Å². The molecule has 0 spiro atoms. The van der Waals surface area contributed by atoms with Crippen LogP contribution in [0.1, 0.15) is 12.6 Å². The molecule has 3 rings (SSSR count). The van der Waals surface area contributed by atoms with Gasteiger partial charge in [-0.2, -0.15) is 0 Å². The van der Waals surface area contributed by atoms with Gasteiger partial charge in [-0.25, -0.2) is 9.37 Å². The highest BCUT2D eigenvalue weighted by atomic mass is 32.2. The number of hydrogen-bond donors (Lipinski definition) is 2. The number of nitrogens with zero attached hydrogens (tertiary/aromatic N) is 2. The molecule has 1 amide bonds. The van der Waals surface area contributed by atoms with Crippen molar-refractivity contribution in [3.8, 4) is 0 Å². The number of carbonyl (C=O) groups excluding carboxylic acids is 1. The van der Waals surface area contributed by atoms with Crippen molar-refractivity contribution in [2.45, 2.75) is 25.5 Å². The Kier molecular flexibility index (Phi) is 4.89. The number of halogens is 1. The third kappa shape index (κ3) is 3.58. The number of aryl methyl sites for hydroxylation is 1. The summed E-state index contributed by atoms with van der Waals surface area (Å²) < 4.78 is 15.1.